The molecule has 0 radical (unpaired) electrons. The summed E-state index contributed by atoms with van der Waals surface area (Å²) < 4.78 is 11.8. The van der Waals surface area contributed by atoms with Crippen LogP contribution in [0.4, 0.5) is 0 Å². The van der Waals surface area contributed by atoms with Gasteiger partial charge in [0.15, 0.2) is 11.6 Å². The second-order valence-electron chi connectivity index (χ2n) is 4.48. The number of aryl methyl sites for hydroxylation is 1. The molecule has 20 heavy (non-hydrogen) atoms. The van der Waals surface area contributed by atoms with Crippen molar-refractivity contribution in [3.63, 3.8) is 0 Å². The molecule has 0 bridgehead atoms. The Bertz CT molecular complexity index is 572. The largest absolute Gasteiger partial charge is 0.479 e. The minimum atomic E-state index is -0.436. The van der Waals surface area contributed by atoms with Crippen molar-refractivity contribution in [2.75, 3.05) is 13.7 Å². The monoisotopic (exact) mass is 277 g/mol. The van der Waals surface area contributed by atoms with Crippen LogP contribution in [-0.4, -0.2) is 35.5 Å². The van der Waals surface area contributed by atoms with E-state index in [9.17, 15) is 4.79 Å². The molecule has 1 aliphatic rings. The van der Waals surface area contributed by atoms with Gasteiger partial charge in [-0.05, 0) is 37.6 Å². The highest BCUT2D eigenvalue weighted by atomic mass is 16.5. The summed E-state index contributed by atoms with van der Waals surface area (Å²) >= 11 is 0. The molecule has 108 valence electrons. The van der Waals surface area contributed by atoms with Gasteiger partial charge in [-0.1, -0.05) is 0 Å². The molecule has 2 rings (SSSR count). The van der Waals surface area contributed by atoms with E-state index in [2.05, 4.69) is 15.2 Å². The van der Waals surface area contributed by atoms with Crippen LogP contribution in [0.25, 0.3) is 5.57 Å². The SMILES string of the molecule is CCOC1=CC=C(c2cc(C(=O)OC)nn2C)C(C)N1. The first kappa shape index (κ1) is 14.2. The Kier molecular flexibility index (Phi) is 4.12. The van der Waals surface area contributed by atoms with E-state index in [1.807, 2.05) is 26.0 Å². The number of rotatable bonds is 4. The van der Waals surface area contributed by atoms with Gasteiger partial charge in [0.1, 0.15) is 0 Å². The number of nitrogens with zero attached hydrogens (tertiary/aromatic N) is 2. The molecule has 0 amide bonds. The lowest BCUT2D eigenvalue weighted by atomic mass is 10.0. The van der Waals surface area contributed by atoms with Crippen molar-refractivity contribution in [1.82, 2.24) is 15.1 Å². The molecule has 0 saturated carbocycles. The van der Waals surface area contributed by atoms with Crippen molar-refractivity contribution in [3.05, 3.63) is 35.5 Å². The zero-order chi connectivity index (χ0) is 14.7. The van der Waals surface area contributed by atoms with Gasteiger partial charge >= 0.3 is 5.97 Å². The molecule has 2 heterocycles. The maximum absolute atomic E-state index is 11.5. The number of dihydropyridines is 1. The number of nitrogens with one attached hydrogen (secondary N) is 1. The topological polar surface area (TPSA) is 65.4 Å². The van der Waals surface area contributed by atoms with Crippen LogP contribution in [0.15, 0.2) is 24.1 Å². The van der Waals surface area contributed by atoms with E-state index in [0.29, 0.717) is 12.3 Å². The van der Waals surface area contributed by atoms with E-state index >= 15 is 0 Å². The first-order valence-electron chi connectivity index (χ1n) is 6.50. The average molecular weight is 277 g/mol. The predicted molar refractivity (Wildman–Crippen MR) is 74.8 cm³/mol. The number of hydrogen-bond donors (Lipinski definition) is 1. The molecule has 0 aromatic carbocycles. The lowest BCUT2D eigenvalue weighted by molar-refractivity contribution is 0.0593. The van der Waals surface area contributed by atoms with Crippen LogP contribution in [0.5, 0.6) is 0 Å². The van der Waals surface area contributed by atoms with Crippen molar-refractivity contribution in [3.8, 4) is 0 Å². The quantitative estimate of drug-likeness (QED) is 0.844. The van der Waals surface area contributed by atoms with Crippen molar-refractivity contribution in [2.24, 2.45) is 7.05 Å². The van der Waals surface area contributed by atoms with Crippen LogP contribution in [0.1, 0.15) is 30.0 Å². The summed E-state index contributed by atoms with van der Waals surface area (Å²) in [7, 11) is 3.15. The summed E-state index contributed by atoms with van der Waals surface area (Å²) in [4.78, 5) is 11.5. The first-order chi connectivity index (χ1) is 9.56. The van der Waals surface area contributed by atoms with E-state index in [1.54, 1.807) is 17.8 Å². The molecule has 1 aromatic rings. The molecule has 1 atom stereocenters. The molecule has 6 heteroatoms. The molecular weight excluding hydrogens is 258 g/mol. The van der Waals surface area contributed by atoms with E-state index in [0.717, 1.165) is 17.2 Å². The number of aromatic nitrogens is 2. The first-order valence-corrected chi connectivity index (χ1v) is 6.50. The lowest BCUT2D eigenvalue weighted by Gasteiger charge is -2.24. The third kappa shape index (κ3) is 2.68. The van der Waals surface area contributed by atoms with Crippen molar-refractivity contribution < 1.29 is 14.3 Å². The average Bonchev–Trinajstić information content (AvgIpc) is 2.80. The van der Waals surface area contributed by atoms with Crippen LogP contribution < -0.4 is 5.32 Å². The maximum atomic E-state index is 11.5. The van der Waals surface area contributed by atoms with Gasteiger partial charge in [-0.3, -0.25) is 4.68 Å². The molecule has 0 spiro atoms. The van der Waals surface area contributed by atoms with Gasteiger partial charge in [0.25, 0.3) is 0 Å². The fourth-order valence-corrected chi connectivity index (χ4v) is 2.14. The normalized spacial score (nSPS) is 17.9. The van der Waals surface area contributed by atoms with Gasteiger partial charge in [0.05, 0.1) is 25.5 Å². The van der Waals surface area contributed by atoms with Gasteiger partial charge in [-0.2, -0.15) is 5.10 Å². The highest BCUT2D eigenvalue weighted by Gasteiger charge is 2.21. The van der Waals surface area contributed by atoms with Crippen molar-refractivity contribution in [2.45, 2.75) is 19.9 Å². The number of esters is 1. The molecule has 1 N–H and O–H groups in total. The van der Waals surface area contributed by atoms with Crippen molar-refractivity contribution in [1.29, 1.82) is 0 Å². The van der Waals surface area contributed by atoms with Crippen LogP contribution in [-0.2, 0) is 16.5 Å². The minimum absolute atomic E-state index is 0.0717. The Hall–Kier alpha value is -2.24. The second-order valence-corrected chi connectivity index (χ2v) is 4.48. The Morgan fingerprint density at radius 1 is 1.50 bits per heavy atom. The summed E-state index contributed by atoms with van der Waals surface area (Å²) in [6, 6.07) is 1.80. The predicted octanol–water partition coefficient (Wildman–Crippen LogP) is 1.46. The lowest BCUT2D eigenvalue weighted by Crippen LogP contribution is -2.30. The van der Waals surface area contributed by atoms with E-state index in [4.69, 9.17) is 4.74 Å². The number of methoxy groups -OCH3 is 1. The third-order valence-electron chi connectivity index (χ3n) is 3.11. The molecule has 0 saturated heterocycles. The van der Waals surface area contributed by atoms with Gasteiger partial charge in [0, 0.05) is 7.05 Å². The number of carbonyl (C=O) groups is 1. The van der Waals surface area contributed by atoms with Crippen LogP contribution in [0.3, 0.4) is 0 Å². The maximum Gasteiger partial charge on any atom is 0.358 e. The molecule has 0 fully saturated rings. The summed E-state index contributed by atoms with van der Waals surface area (Å²) in [5, 5.41) is 7.43. The number of carbonyl (C=O) groups excluding carboxylic acids is 1. The highest BCUT2D eigenvalue weighted by molar-refractivity contribution is 5.88. The number of ether oxygens (including phenoxy) is 2. The smallest absolute Gasteiger partial charge is 0.358 e. The molecule has 0 aliphatic carbocycles. The Labute approximate surface area is 118 Å². The van der Waals surface area contributed by atoms with Crippen LogP contribution in [0, 0.1) is 0 Å². The number of allylic oxidation sites excluding steroid dienone is 2. The zero-order valence-corrected chi connectivity index (χ0v) is 12.1. The van der Waals surface area contributed by atoms with Gasteiger partial charge in [-0.15, -0.1) is 0 Å². The van der Waals surface area contributed by atoms with Crippen LogP contribution >= 0.6 is 0 Å². The van der Waals surface area contributed by atoms with Crippen molar-refractivity contribution >= 4 is 11.5 Å². The van der Waals surface area contributed by atoms with E-state index < -0.39 is 5.97 Å². The molecule has 1 unspecified atom stereocenters. The molecular formula is C14H19N3O3. The van der Waals surface area contributed by atoms with E-state index in [-0.39, 0.29) is 6.04 Å². The van der Waals surface area contributed by atoms with Gasteiger partial charge < -0.3 is 14.8 Å². The zero-order valence-electron chi connectivity index (χ0n) is 12.1. The van der Waals surface area contributed by atoms with E-state index in [1.165, 1.54) is 7.11 Å². The summed E-state index contributed by atoms with van der Waals surface area (Å²) in [6.45, 7) is 4.59. The molecule has 6 nitrogen and oxygen atoms in total. The Morgan fingerprint density at radius 2 is 2.25 bits per heavy atom. The Balaban J connectivity index is 2.32. The summed E-state index contributed by atoms with van der Waals surface area (Å²) in [6.07, 6.45) is 3.86. The fourth-order valence-electron chi connectivity index (χ4n) is 2.14. The van der Waals surface area contributed by atoms with Gasteiger partial charge in [-0.25, -0.2) is 4.79 Å². The molecule has 1 aromatic heterocycles. The summed E-state index contributed by atoms with van der Waals surface area (Å²) in [5.74, 6) is 0.313. The van der Waals surface area contributed by atoms with Gasteiger partial charge in [0.2, 0.25) is 0 Å². The third-order valence-corrected chi connectivity index (χ3v) is 3.11. The number of hydrogen-bond acceptors (Lipinski definition) is 5. The standard InChI is InChI=1S/C14H19N3O3/c1-5-20-13-7-6-10(9(2)15-13)12-8-11(14(18)19-4)16-17(12)3/h6-9,15H,5H2,1-4H3. The highest BCUT2D eigenvalue weighted by Crippen LogP contribution is 2.23. The van der Waals surface area contributed by atoms with Crippen LogP contribution in [0.2, 0.25) is 0 Å². The Morgan fingerprint density at radius 3 is 2.85 bits per heavy atom. The second kappa shape index (κ2) is 5.81. The fraction of sp³-hybridized carbons (Fsp3) is 0.429. The summed E-state index contributed by atoms with van der Waals surface area (Å²) in [5.41, 5.74) is 2.22. The molecule has 1 aliphatic heterocycles. The minimum Gasteiger partial charge on any atom is -0.479 e.